The quantitative estimate of drug-likeness (QED) is 0.108. The van der Waals surface area contributed by atoms with E-state index in [4.69, 9.17) is 10.5 Å². The molecule has 278 valence electrons. The predicted molar refractivity (Wildman–Crippen MR) is 206 cm³/mol. The van der Waals surface area contributed by atoms with E-state index in [1.54, 1.807) is 36.2 Å². The van der Waals surface area contributed by atoms with E-state index in [0.717, 1.165) is 30.8 Å². The van der Waals surface area contributed by atoms with Crippen LogP contribution in [0.15, 0.2) is 60.8 Å². The summed E-state index contributed by atoms with van der Waals surface area (Å²) in [5.74, 6) is -0.217. The Morgan fingerprint density at radius 3 is 2.27 bits per heavy atom. The van der Waals surface area contributed by atoms with Gasteiger partial charge in [-0.15, -0.1) is 0 Å². The minimum Gasteiger partial charge on any atom is -0.395 e. The van der Waals surface area contributed by atoms with Crippen LogP contribution in [0.25, 0.3) is 11.3 Å². The number of anilines is 2. The number of primary amides is 1. The number of nitrogens with one attached hydrogen (secondary N) is 1. The molecule has 0 saturated heterocycles. The number of amides is 3. The average molecular weight is 722 g/mol. The molecule has 0 unspecified atom stereocenters. The first-order valence-electron chi connectivity index (χ1n) is 17.6. The number of ether oxygens (including phenoxy) is 1. The lowest BCUT2D eigenvalue weighted by Crippen LogP contribution is -2.37. The van der Waals surface area contributed by atoms with Gasteiger partial charge < -0.3 is 35.8 Å². The molecule has 1 aromatic heterocycles. The Kier molecular flexibility index (Phi) is 15.9. The van der Waals surface area contributed by atoms with E-state index in [9.17, 15) is 24.6 Å². The van der Waals surface area contributed by atoms with E-state index < -0.39 is 11.5 Å². The summed E-state index contributed by atoms with van der Waals surface area (Å²) in [6, 6.07) is 16.6. The number of hydrogen-bond donors (Lipinski definition) is 4. The Morgan fingerprint density at radius 1 is 0.922 bits per heavy atom. The van der Waals surface area contributed by atoms with Crippen molar-refractivity contribution in [3.63, 3.8) is 0 Å². The Balaban J connectivity index is 1.64. The van der Waals surface area contributed by atoms with Gasteiger partial charge in [0.25, 0.3) is 5.91 Å². The molecule has 0 spiro atoms. The van der Waals surface area contributed by atoms with Gasteiger partial charge in [-0.25, -0.2) is 0 Å². The zero-order valence-electron chi connectivity index (χ0n) is 30.9. The van der Waals surface area contributed by atoms with Gasteiger partial charge in [0.15, 0.2) is 0 Å². The second-order valence-corrected chi connectivity index (χ2v) is 15.3. The summed E-state index contributed by atoms with van der Waals surface area (Å²) in [5, 5.41) is 21.5. The van der Waals surface area contributed by atoms with Crippen molar-refractivity contribution in [2.75, 3.05) is 56.2 Å². The van der Waals surface area contributed by atoms with Gasteiger partial charge in [0.1, 0.15) is 0 Å². The molecule has 0 aliphatic rings. The summed E-state index contributed by atoms with van der Waals surface area (Å²) in [4.78, 5) is 46.2. The van der Waals surface area contributed by atoms with Crippen molar-refractivity contribution in [3.05, 3.63) is 77.5 Å². The molecule has 0 radical (unpaired) electrons. The van der Waals surface area contributed by atoms with Gasteiger partial charge in [0.05, 0.1) is 30.2 Å². The molecule has 3 amide bonds. The number of aromatic nitrogens is 1. The lowest BCUT2D eigenvalue weighted by Gasteiger charge is -2.30. The van der Waals surface area contributed by atoms with Crippen LogP contribution >= 0.6 is 11.8 Å². The van der Waals surface area contributed by atoms with Crippen molar-refractivity contribution >= 4 is 40.9 Å². The number of nitrogens with two attached hydrogens (primary N) is 1. The minimum atomic E-state index is -0.552. The molecule has 12 heteroatoms. The molecular weight excluding hydrogens is 667 g/mol. The number of pyridine rings is 1. The first kappa shape index (κ1) is 41.5. The second-order valence-electron chi connectivity index (χ2n) is 13.6. The molecule has 0 atom stereocenters. The molecular formula is C39H55N5O6S. The number of aliphatic hydroxyl groups excluding tert-OH is 2. The predicted octanol–water partition coefficient (Wildman–Crippen LogP) is 5.74. The molecule has 0 bridgehead atoms. The fourth-order valence-electron chi connectivity index (χ4n) is 5.53. The third-order valence-corrected chi connectivity index (χ3v) is 10.2. The standard InChI is InChI=1S/C39H55N5O6S/c1-7-43(8-2)31-12-13-33(32(26-31)34-25-29(36(40)48)15-18-41-34)42-37(49)30-11-9-10-28(24-30)27-51-39(5,6)17-23-50-38(3,4)16-14-35(47)44(19-21-45)20-22-46/h9-13,15,18,24-26,45-46H,7-8,14,16-17,19-23,27H2,1-6H3,(H2,40,48)(H,42,49). The first-order valence-corrected chi connectivity index (χ1v) is 18.5. The monoisotopic (exact) mass is 721 g/mol. The molecule has 51 heavy (non-hydrogen) atoms. The Hall–Kier alpha value is -3.97. The fourth-order valence-corrected chi connectivity index (χ4v) is 6.50. The smallest absolute Gasteiger partial charge is 0.255 e. The molecule has 2 aromatic carbocycles. The molecule has 0 saturated carbocycles. The van der Waals surface area contributed by atoms with Gasteiger partial charge in [0, 0.05) is 78.3 Å². The highest BCUT2D eigenvalue weighted by Crippen LogP contribution is 2.34. The second kappa shape index (κ2) is 19.6. The van der Waals surface area contributed by atoms with E-state index in [-0.39, 0.29) is 49.3 Å². The van der Waals surface area contributed by atoms with Crippen LogP contribution in [0, 0.1) is 0 Å². The molecule has 0 aliphatic carbocycles. The summed E-state index contributed by atoms with van der Waals surface area (Å²) in [5.41, 5.74) is 9.70. The van der Waals surface area contributed by atoms with Crippen molar-refractivity contribution in [1.29, 1.82) is 0 Å². The van der Waals surface area contributed by atoms with Crippen LogP contribution in [0.3, 0.4) is 0 Å². The summed E-state index contributed by atoms with van der Waals surface area (Å²) >= 11 is 1.78. The van der Waals surface area contributed by atoms with Crippen molar-refractivity contribution in [3.8, 4) is 11.3 Å². The van der Waals surface area contributed by atoms with Gasteiger partial charge in [0.2, 0.25) is 11.8 Å². The number of rotatable bonds is 21. The zero-order chi connectivity index (χ0) is 37.6. The minimum absolute atomic E-state index is 0.109. The van der Waals surface area contributed by atoms with Crippen molar-refractivity contribution in [2.45, 2.75) is 76.9 Å². The molecule has 0 aliphatic heterocycles. The zero-order valence-corrected chi connectivity index (χ0v) is 31.7. The molecule has 5 N–H and O–H groups in total. The van der Waals surface area contributed by atoms with E-state index in [1.165, 1.54) is 4.90 Å². The van der Waals surface area contributed by atoms with Crippen molar-refractivity contribution in [2.24, 2.45) is 5.73 Å². The number of thioether (sulfide) groups is 1. The first-order chi connectivity index (χ1) is 24.2. The van der Waals surface area contributed by atoms with Crippen LogP contribution in [-0.4, -0.2) is 94.2 Å². The average Bonchev–Trinajstić information content (AvgIpc) is 3.10. The lowest BCUT2D eigenvalue weighted by atomic mass is 10.0. The third-order valence-electron chi connectivity index (χ3n) is 8.75. The topological polar surface area (TPSA) is 158 Å². The third kappa shape index (κ3) is 12.9. The summed E-state index contributed by atoms with van der Waals surface area (Å²) in [7, 11) is 0. The van der Waals surface area contributed by atoms with E-state index in [0.29, 0.717) is 46.9 Å². The van der Waals surface area contributed by atoms with Gasteiger partial charge in [-0.2, -0.15) is 11.8 Å². The maximum absolute atomic E-state index is 13.6. The van der Waals surface area contributed by atoms with Crippen molar-refractivity contribution in [1.82, 2.24) is 9.88 Å². The number of benzene rings is 2. The Morgan fingerprint density at radius 2 is 1.63 bits per heavy atom. The van der Waals surface area contributed by atoms with Crippen LogP contribution in [0.1, 0.15) is 87.1 Å². The van der Waals surface area contributed by atoms with Crippen LogP contribution in [0.5, 0.6) is 0 Å². The van der Waals surface area contributed by atoms with Crippen LogP contribution < -0.4 is 16.0 Å². The number of nitrogens with zero attached hydrogens (tertiary/aromatic N) is 3. The lowest BCUT2D eigenvalue weighted by molar-refractivity contribution is -0.134. The maximum Gasteiger partial charge on any atom is 0.255 e. The van der Waals surface area contributed by atoms with Crippen molar-refractivity contribution < 1.29 is 29.3 Å². The molecule has 3 rings (SSSR count). The van der Waals surface area contributed by atoms with Crippen LogP contribution in [0.4, 0.5) is 11.4 Å². The molecule has 11 nitrogen and oxygen atoms in total. The van der Waals surface area contributed by atoms with Crippen LogP contribution in [0.2, 0.25) is 0 Å². The Labute approximate surface area is 307 Å². The van der Waals surface area contributed by atoms with E-state index in [1.807, 2.05) is 50.2 Å². The summed E-state index contributed by atoms with van der Waals surface area (Å²) in [6.45, 7) is 14.7. The molecule has 0 fully saturated rings. The molecule has 1 heterocycles. The number of carbonyl (C=O) groups is 3. The molecule has 3 aromatic rings. The number of aliphatic hydroxyl groups is 2. The van der Waals surface area contributed by atoms with E-state index in [2.05, 4.69) is 42.9 Å². The van der Waals surface area contributed by atoms with Crippen LogP contribution in [-0.2, 0) is 15.3 Å². The maximum atomic E-state index is 13.6. The normalized spacial score (nSPS) is 11.7. The SMILES string of the molecule is CCN(CC)c1ccc(NC(=O)c2cccc(CSC(C)(C)CCOC(C)(C)CCC(=O)N(CCO)CCO)c2)c(-c2cc(C(N)=O)ccn2)c1. The number of hydrogen-bond acceptors (Lipinski definition) is 9. The Bertz CT molecular complexity index is 1600. The van der Waals surface area contributed by atoms with E-state index >= 15 is 0 Å². The summed E-state index contributed by atoms with van der Waals surface area (Å²) in [6.07, 6.45) is 3.13. The summed E-state index contributed by atoms with van der Waals surface area (Å²) < 4.78 is 6.09. The largest absolute Gasteiger partial charge is 0.395 e. The van der Waals surface area contributed by atoms with Gasteiger partial charge >= 0.3 is 0 Å². The fraction of sp³-hybridized carbons (Fsp3) is 0.487. The van der Waals surface area contributed by atoms with Gasteiger partial charge in [-0.3, -0.25) is 19.4 Å². The highest BCUT2D eigenvalue weighted by atomic mass is 32.2. The number of carbonyl (C=O) groups excluding carboxylic acids is 3. The van der Waals surface area contributed by atoms with Gasteiger partial charge in [-0.05, 0) is 88.6 Å². The highest BCUT2D eigenvalue weighted by Gasteiger charge is 2.25. The highest BCUT2D eigenvalue weighted by molar-refractivity contribution is 7.99. The van der Waals surface area contributed by atoms with Gasteiger partial charge in [-0.1, -0.05) is 26.0 Å².